The van der Waals surface area contributed by atoms with Gasteiger partial charge in [0.05, 0.1) is 6.54 Å². The van der Waals surface area contributed by atoms with Crippen LogP contribution in [0.5, 0.6) is 0 Å². The molecule has 0 bridgehead atoms. The lowest BCUT2D eigenvalue weighted by atomic mass is 10.2. The molecule has 2 atom stereocenters. The van der Waals surface area contributed by atoms with Gasteiger partial charge in [0.15, 0.2) is 0 Å². The Morgan fingerprint density at radius 1 is 1.73 bits per heavy atom. The minimum Gasteiger partial charge on any atom is -0.302 e. The Bertz CT molecular complexity index is 149. The Morgan fingerprint density at radius 2 is 2.45 bits per heavy atom. The molecule has 62 valence electrons. The molecule has 1 heterocycles. The van der Waals surface area contributed by atoms with Crippen LogP contribution in [0.4, 0.5) is 0 Å². The summed E-state index contributed by atoms with van der Waals surface area (Å²) in [5.74, 6) is 2.59. The Balaban J connectivity index is 2.25. The van der Waals surface area contributed by atoms with Crippen molar-refractivity contribution in [2.45, 2.75) is 25.4 Å². The third kappa shape index (κ3) is 2.21. The number of hydrogen-bond acceptors (Lipinski definition) is 2. The van der Waals surface area contributed by atoms with E-state index in [-0.39, 0.29) is 0 Å². The molecule has 11 heavy (non-hydrogen) atoms. The number of rotatable bonds is 2. The average molecular weight is 152 g/mol. The van der Waals surface area contributed by atoms with Gasteiger partial charge in [0, 0.05) is 18.6 Å². The van der Waals surface area contributed by atoms with E-state index in [4.69, 9.17) is 6.42 Å². The van der Waals surface area contributed by atoms with Gasteiger partial charge in [-0.05, 0) is 20.4 Å². The molecule has 1 aliphatic rings. The second-order valence-corrected chi connectivity index (χ2v) is 3.31. The van der Waals surface area contributed by atoms with Gasteiger partial charge in [-0.3, -0.25) is 0 Å². The van der Waals surface area contributed by atoms with E-state index in [0.29, 0.717) is 18.6 Å². The highest BCUT2D eigenvalue weighted by Gasteiger charge is 2.24. The van der Waals surface area contributed by atoms with Crippen LogP contribution in [0.1, 0.15) is 13.3 Å². The molecule has 1 rings (SSSR count). The van der Waals surface area contributed by atoms with Crippen LogP contribution < -0.4 is 5.32 Å². The third-order valence-corrected chi connectivity index (χ3v) is 2.38. The summed E-state index contributed by atoms with van der Waals surface area (Å²) < 4.78 is 0. The van der Waals surface area contributed by atoms with E-state index in [1.165, 1.54) is 6.42 Å². The summed E-state index contributed by atoms with van der Waals surface area (Å²) in [6, 6.07) is 1.30. The first-order chi connectivity index (χ1) is 5.24. The quantitative estimate of drug-likeness (QED) is 0.573. The molecule has 2 heteroatoms. The predicted molar refractivity (Wildman–Crippen MR) is 47.3 cm³/mol. The summed E-state index contributed by atoms with van der Waals surface area (Å²) in [4.78, 5) is 2.36. The van der Waals surface area contributed by atoms with Gasteiger partial charge >= 0.3 is 0 Å². The molecule has 1 fully saturated rings. The highest BCUT2D eigenvalue weighted by Crippen LogP contribution is 2.14. The second kappa shape index (κ2) is 3.75. The zero-order chi connectivity index (χ0) is 8.27. The summed E-state index contributed by atoms with van der Waals surface area (Å²) in [6.45, 7) is 4.08. The number of likely N-dealkylation sites (tertiary alicyclic amines) is 1. The van der Waals surface area contributed by atoms with Gasteiger partial charge in [0.2, 0.25) is 0 Å². The number of nitrogens with zero attached hydrogens (tertiary/aromatic N) is 1. The van der Waals surface area contributed by atoms with Gasteiger partial charge in [-0.1, -0.05) is 5.92 Å². The van der Waals surface area contributed by atoms with Crippen LogP contribution in [0.15, 0.2) is 0 Å². The topological polar surface area (TPSA) is 15.3 Å². The maximum Gasteiger partial charge on any atom is 0.0576 e. The smallest absolute Gasteiger partial charge is 0.0576 e. The second-order valence-electron chi connectivity index (χ2n) is 3.31. The lowest BCUT2D eigenvalue weighted by Gasteiger charge is -2.12. The Kier molecular flexibility index (Phi) is 2.92. The zero-order valence-corrected chi connectivity index (χ0v) is 7.30. The van der Waals surface area contributed by atoms with Gasteiger partial charge in [0.1, 0.15) is 0 Å². The van der Waals surface area contributed by atoms with Crippen LogP contribution >= 0.6 is 0 Å². The van der Waals surface area contributed by atoms with Crippen molar-refractivity contribution in [1.29, 1.82) is 0 Å². The molecule has 1 saturated heterocycles. The molecule has 0 aromatic carbocycles. The third-order valence-electron chi connectivity index (χ3n) is 2.38. The Labute approximate surface area is 69.0 Å². The highest BCUT2D eigenvalue weighted by atomic mass is 15.2. The van der Waals surface area contributed by atoms with Crippen LogP contribution in [0.25, 0.3) is 0 Å². The Morgan fingerprint density at radius 3 is 2.91 bits per heavy atom. The van der Waals surface area contributed by atoms with Crippen molar-refractivity contribution >= 4 is 0 Å². The molecular weight excluding hydrogens is 136 g/mol. The fraction of sp³-hybridized carbons (Fsp3) is 0.778. The largest absolute Gasteiger partial charge is 0.302 e. The van der Waals surface area contributed by atoms with Gasteiger partial charge in [0.25, 0.3) is 0 Å². The molecule has 0 aromatic rings. The van der Waals surface area contributed by atoms with Crippen LogP contribution in [-0.4, -0.2) is 37.1 Å². The maximum atomic E-state index is 5.15. The average Bonchev–Trinajstić information content (AvgIpc) is 2.28. The van der Waals surface area contributed by atoms with Crippen molar-refractivity contribution in [3.8, 4) is 12.3 Å². The van der Waals surface area contributed by atoms with Crippen LogP contribution in [-0.2, 0) is 0 Å². The van der Waals surface area contributed by atoms with E-state index < -0.39 is 0 Å². The SMILES string of the molecule is C#CCNC1CC(C)N(C)C1. The number of hydrogen-bond donors (Lipinski definition) is 1. The van der Waals surface area contributed by atoms with E-state index in [0.717, 1.165) is 6.54 Å². The number of likely N-dealkylation sites (N-methyl/N-ethyl adjacent to an activating group) is 1. The van der Waals surface area contributed by atoms with E-state index >= 15 is 0 Å². The highest BCUT2D eigenvalue weighted by molar-refractivity contribution is 4.92. The van der Waals surface area contributed by atoms with Crippen molar-refractivity contribution in [3.05, 3.63) is 0 Å². The van der Waals surface area contributed by atoms with Crippen LogP contribution in [0, 0.1) is 12.3 Å². The molecule has 0 amide bonds. The van der Waals surface area contributed by atoms with E-state index in [1.807, 2.05) is 0 Å². The van der Waals surface area contributed by atoms with Crippen LogP contribution in [0.2, 0.25) is 0 Å². The first-order valence-electron chi connectivity index (χ1n) is 4.11. The zero-order valence-electron chi connectivity index (χ0n) is 7.30. The van der Waals surface area contributed by atoms with Crippen molar-refractivity contribution in [2.75, 3.05) is 20.1 Å². The summed E-state index contributed by atoms with van der Waals surface area (Å²) in [7, 11) is 2.15. The molecule has 0 saturated carbocycles. The summed E-state index contributed by atoms with van der Waals surface area (Å²) in [5.41, 5.74) is 0. The van der Waals surface area contributed by atoms with E-state index in [1.54, 1.807) is 0 Å². The molecule has 2 nitrogen and oxygen atoms in total. The summed E-state index contributed by atoms with van der Waals surface area (Å²) in [5, 5.41) is 3.31. The molecule has 0 aromatic heterocycles. The van der Waals surface area contributed by atoms with E-state index in [2.05, 4.69) is 30.1 Å². The summed E-state index contributed by atoms with van der Waals surface area (Å²) in [6.07, 6.45) is 6.37. The standard InChI is InChI=1S/C9H16N2/c1-4-5-10-9-6-8(2)11(3)7-9/h1,8-10H,5-7H2,2-3H3. The van der Waals surface area contributed by atoms with Crippen molar-refractivity contribution in [1.82, 2.24) is 10.2 Å². The molecule has 1 aliphatic heterocycles. The van der Waals surface area contributed by atoms with Crippen molar-refractivity contribution in [3.63, 3.8) is 0 Å². The Hall–Kier alpha value is -0.520. The van der Waals surface area contributed by atoms with Gasteiger partial charge in [-0.15, -0.1) is 6.42 Å². The molecule has 1 N–H and O–H groups in total. The first-order valence-corrected chi connectivity index (χ1v) is 4.11. The molecule has 2 unspecified atom stereocenters. The lowest BCUT2D eigenvalue weighted by molar-refractivity contribution is 0.327. The molecule has 0 aliphatic carbocycles. The first kappa shape index (κ1) is 8.58. The minimum atomic E-state index is 0.603. The fourth-order valence-electron chi connectivity index (χ4n) is 1.54. The molecule has 0 spiro atoms. The number of nitrogens with one attached hydrogen (secondary N) is 1. The van der Waals surface area contributed by atoms with Gasteiger partial charge in [-0.2, -0.15) is 0 Å². The number of terminal acetylenes is 1. The summed E-state index contributed by atoms with van der Waals surface area (Å²) >= 11 is 0. The predicted octanol–water partition coefficient (Wildman–Crippen LogP) is 0.302. The normalized spacial score (nSPS) is 32.1. The lowest BCUT2D eigenvalue weighted by Crippen LogP contribution is -2.31. The van der Waals surface area contributed by atoms with Gasteiger partial charge in [-0.25, -0.2) is 0 Å². The fourth-order valence-corrected chi connectivity index (χ4v) is 1.54. The van der Waals surface area contributed by atoms with Crippen LogP contribution in [0.3, 0.4) is 0 Å². The minimum absolute atomic E-state index is 0.603. The van der Waals surface area contributed by atoms with Crippen molar-refractivity contribution in [2.24, 2.45) is 0 Å². The molecular formula is C9H16N2. The van der Waals surface area contributed by atoms with Gasteiger partial charge < -0.3 is 10.2 Å². The maximum absolute atomic E-state index is 5.15. The van der Waals surface area contributed by atoms with Crippen molar-refractivity contribution < 1.29 is 0 Å². The monoisotopic (exact) mass is 152 g/mol. The van der Waals surface area contributed by atoms with E-state index in [9.17, 15) is 0 Å². The molecule has 0 radical (unpaired) electrons.